The molecule has 1 nitrogen and oxygen atoms in total. The lowest BCUT2D eigenvalue weighted by molar-refractivity contribution is 0.114. The molecule has 0 saturated carbocycles. The summed E-state index contributed by atoms with van der Waals surface area (Å²) in [5.74, 6) is 0. The third kappa shape index (κ3) is 1.64. The molecule has 0 fully saturated rings. The van der Waals surface area contributed by atoms with E-state index in [9.17, 15) is 5.11 Å². The van der Waals surface area contributed by atoms with Crippen LogP contribution in [-0.2, 0) is 0 Å². The highest BCUT2D eigenvalue weighted by Gasteiger charge is 2.35. The van der Waals surface area contributed by atoms with Crippen molar-refractivity contribution >= 4 is 34.8 Å². The molecule has 0 aromatic rings. The molecule has 12 heavy (non-hydrogen) atoms. The Kier molecular flexibility index (Phi) is 2.79. The van der Waals surface area contributed by atoms with E-state index in [4.69, 9.17) is 34.8 Å². The van der Waals surface area contributed by atoms with Gasteiger partial charge in [-0.2, -0.15) is 0 Å². The first-order chi connectivity index (χ1) is 5.36. The normalized spacial score (nSPS) is 36.8. The van der Waals surface area contributed by atoms with E-state index >= 15 is 0 Å². The summed E-state index contributed by atoms with van der Waals surface area (Å²) in [5, 5.41) is 10.0. The molecule has 1 rings (SSSR count). The van der Waals surface area contributed by atoms with E-state index in [1.807, 2.05) is 0 Å². The van der Waals surface area contributed by atoms with Crippen LogP contribution in [0.5, 0.6) is 0 Å². The van der Waals surface area contributed by atoms with Crippen LogP contribution in [0.1, 0.15) is 13.8 Å². The fourth-order valence-electron chi connectivity index (χ4n) is 1.13. The summed E-state index contributed by atoms with van der Waals surface area (Å²) in [6, 6.07) is 0. The largest absolute Gasteiger partial charge is 0.384 e. The van der Waals surface area contributed by atoms with Crippen molar-refractivity contribution in [1.82, 2.24) is 0 Å². The van der Waals surface area contributed by atoms with Crippen molar-refractivity contribution in [3.63, 3.8) is 0 Å². The number of hydrogen-bond donors (Lipinski definition) is 1. The SMILES string of the molecule is CC1=C(Cl)C(Cl)=CC(C)(O)C1Cl. The predicted molar refractivity (Wildman–Crippen MR) is 52.8 cm³/mol. The van der Waals surface area contributed by atoms with Gasteiger partial charge in [0.05, 0.1) is 15.4 Å². The van der Waals surface area contributed by atoms with Crippen LogP contribution in [0.2, 0.25) is 0 Å². The minimum Gasteiger partial charge on any atom is -0.384 e. The molecule has 1 aliphatic rings. The fraction of sp³-hybridized carbons (Fsp3) is 0.500. The third-order valence-electron chi connectivity index (χ3n) is 1.87. The Labute approximate surface area is 86.6 Å². The van der Waals surface area contributed by atoms with Gasteiger partial charge in [-0.15, -0.1) is 11.6 Å². The van der Waals surface area contributed by atoms with Gasteiger partial charge in [0.1, 0.15) is 5.60 Å². The highest BCUT2D eigenvalue weighted by atomic mass is 35.5. The van der Waals surface area contributed by atoms with Crippen LogP contribution in [0.25, 0.3) is 0 Å². The van der Waals surface area contributed by atoms with Gasteiger partial charge in [0.2, 0.25) is 0 Å². The minimum atomic E-state index is -1.11. The molecule has 0 spiro atoms. The monoisotopic (exact) mass is 226 g/mol. The van der Waals surface area contributed by atoms with Crippen LogP contribution in [0.15, 0.2) is 21.7 Å². The van der Waals surface area contributed by atoms with E-state index in [0.29, 0.717) is 15.6 Å². The van der Waals surface area contributed by atoms with Crippen LogP contribution in [-0.4, -0.2) is 16.1 Å². The second kappa shape index (κ2) is 3.22. The van der Waals surface area contributed by atoms with Gasteiger partial charge >= 0.3 is 0 Å². The van der Waals surface area contributed by atoms with E-state index in [1.54, 1.807) is 13.8 Å². The van der Waals surface area contributed by atoms with Gasteiger partial charge in [-0.1, -0.05) is 23.2 Å². The highest BCUT2D eigenvalue weighted by Crippen LogP contribution is 2.38. The van der Waals surface area contributed by atoms with E-state index in [0.717, 1.165) is 0 Å². The Balaban J connectivity index is 3.15. The highest BCUT2D eigenvalue weighted by molar-refractivity contribution is 6.45. The number of halogens is 3. The summed E-state index contributed by atoms with van der Waals surface area (Å²) in [7, 11) is 0. The molecule has 0 bridgehead atoms. The zero-order chi connectivity index (χ0) is 9.52. The molecule has 0 heterocycles. The van der Waals surface area contributed by atoms with Crippen LogP contribution < -0.4 is 0 Å². The van der Waals surface area contributed by atoms with E-state index in [2.05, 4.69) is 0 Å². The van der Waals surface area contributed by atoms with Gasteiger partial charge in [0.25, 0.3) is 0 Å². The average molecular weight is 228 g/mol. The van der Waals surface area contributed by atoms with Crippen LogP contribution in [0, 0.1) is 0 Å². The lowest BCUT2D eigenvalue weighted by atomic mass is 9.92. The number of allylic oxidation sites excluding steroid dienone is 2. The van der Waals surface area contributed by atoms with Crippen molar-refractivity contribution in [2.75, 3.05) is 0 Å². The van der Waals surface area contributed by atoms with Crippen LogP contribution in [0.4, 0.5) is 0 Å². The summed E-state index contributed by atoms with van der Waals surface area (Å²) >= 11 is 17.5. The molecule has 2 unspecified atom stereocenters. The molecule has 2 atom stereocenters. The zero-order valence-corrected chi connectivity index (χ0v) is 9.00. The second-order valence-corrected chi connectivity index (χ2v) is 4.30. The Morgan fingerprint density at radius 3 is 2.50 bits per heavy atom. The molecule has 0 amide bonds. The Hall–Kier alpha value is 0.310. The third-order valence-corrected chi connectivity index (χ3v) is 3.53. The maximum Gasteiger partial charge on any atom is 0.102 e. The lowest BCUT2D eigenvalue weighted by Gasteiger charge is -2.30. The Morgan fingerprint density at radius 2 is 2.00 bits per heavy atom. The Morgan fingerprint density at radius 1 is 1.50 bits per heavy atom. The number of hydrogen-bond acceptors (Lipinski definition) is 1. The molecule has 68 valence electrons. The van der Waals surface area contributed by atoms with Crippen molar-refractivity contribution in [2.45, 2.75) is 24.8 Å². The molecular weight excluding hydrogens is 218 g/mol. The van der Waals surface area contributed by atoms with Gasteiger partial charge in [0.15, 0.2) is 0 Å². The summed E-state index contributed by atoms with van der Waals surface area (Å²) in [5.41, 5.74) is -0.406. The second-order valence-electron chi connectivity index (χ2n) is 3.08. The summed E-state index contributed by atoms with van der Waals surface area (Å²) < 4.78 is 0. The molecule has 0 aliphatic heterocycles. The first-order valence-electron chi connectivity index (χ1n) is 3.47. The first kappa shape index (κ1) is 10.4. The number of rotatable bonds is 0. The summed E-state index contributed by atoms with van der Waals surface area (Å²) in [4.78, 5) is 0. The van der Waals surface area contributed by atoms with Crippen molar-refractivity contribution in [1.29, 1.82) is 0 Å². The quantitative estimate of drug-likeness (QED) is 0.631. The molecule has 1 aliphatic carbocycles. The van der Waals surface area contributed by atoms with Gasteiger partial charge in [-0.3, -0.25) is 0 Å². The molecular formula is C8H9Cl3O. The number of aliphatic hydroxyl groups is 1. The van der Waals surface area contributed by atoms with Gasteiger partial charge in [-0.05, 0) is 25.5 Å². The zero-order valence-electron chi connectivity index (χ0n) is 6.74. The molecule has 1 N–H and O–H groups in total. The van der Waals surface area contributed by atoms with Crippen molar-refractivity contribution in [2.24, 2.45) is 0 Å². The van der Waals surface area contributed by atoms with Crippen molar-refractivity contribution in [3.8, 4) is 0 Å². The van der Waals surface area contributed by atoms with Gasteiger partial charge in [0, 0.05) is 0 Å². The van der Waals surface area contributed by atoms with Crippen LogP contribution >= 0.6 is 34.8 Å². The molecule has 0 aromatic heterocycles. The minimum absolute atomic E-state index is 0.357. The van der Waals surface area contributed by atoms with Crippen molar-refractivity contribution < 1.29 is 5.11 Å². The van der Waals surface area contributed by atoms with Crippen LogP contribution in [0.3, 0.4) is 0 Å². The molecule has 0 aromatic carbocycles. The molecule has 4 heteroatoms. The topological polar surface area (TPSA) is 20.2 Å². The fourth-order valence-corrected chi connectivity index (χ4v) is 1.89. The predicted octanol–water partition coefficient (Wildman–Crippen LogP) is 2.99. The lowest BCUT2D eigenvalue weighted by Crippen LogP contribution is -2.36. The number of alkyl halides is 1. The van der Waals surface area contributed by atoms with Gasteiger partial charge in [-0.25, -0.2) is 0 Å². The summed E-state index contributed by atoms with van der Waals surface area (Å²) in [6.07, 6.45) is 1.46. The van der Waals surface area contributed by atoms with Crippen molar-refractivity contribution in [3.05, 3.63) is 21.7 Å². The molecule has 0 saturated heterocycles. The van der Waals surface area contributed by atoms with E-state index in [1.165, 1.54) is 6.08 Å². The smallest absolute Gasteiger partial charge is 0.102 e. The maximum absolute atomic E-state index is 9.72. The van der Waals surface area contributed by atoms with Gasteiger partial charge < -0.3 is 5.11 Å². The standard InChI is InChI=1S/C8H9Cl3O/c1-4-6(10)5(9)3-8(2,12)7(4)11/h3,7,12H,1-2H3. The maximum atomic E-state index is 9.72. The van der Waals surface area contributed by atoms with E-state index in [-0.39, 0.29) is 0 Å². The van der Waals surface area contributed by atoms with E-state index < -0.39 is 11.0 Å². The molecule has 0 radical (unpaired) electrons. The Bertz CT molecular complexity index is 265. The first-order valence-corrected chi connectivity index (χ1v) is 4.67. The average Bonchev–Trinajstić information content (AvgIpc) is 1.97. The summed E-state index contributed by atoms with van der Waals surface area (Å²) in [6.45, 7) is 3.35.